The van der Waals surface area contributed by atoms with Crippen LogP contribution in [0.5, 0.6) is 0 Å². The summed E-state index contributed by atoms with van der Waals surface area (Å²) in [6.45, 7) is 0. The maximum absolute atomic E-state index is 13.0. The average Bonchev–Trinajstić information content (AvgIpc) is 2.84. The number of thioether (sulfide) groups is 1. The van der Waals surface area contributed by atoms with Crippen LogP contribution in [0.25, 0.3) is 0 Å². The third-order valence-electron chi connectivity index (χ3n) is 3.65. The molecule has 0 spiro atoms. The van der Waals surface area contributed by atoms with E-state index in [2.05, 4.69) is 0 Å². The van der Waals surface area contributed by atoms with Gasteiger partial charge in [0.05, 0.1) is 11.1 Å². The molecular formula is C16H20FNO3S. The molecule has 0 aliphatic carbocycles. The summed E-state index contributed by atoms with van der Waals surface area (Å²) in [5, 5.41) is 8.67. The Kier molecular flexibility index (Phi) is 6.24. The van der Waals surface area contributed by atoms with Crippen LogP contribution in [0.4, 0.5) is 10.1 Å². The van der Waals surface area contributed by atoms with Gasteiger partial charge >= 0.3 is 5.97 Å². The summed E-state index contributed by atoms with van der Waals surface area (Å²) in [6.07, 6.45) is 4.62. The summed E-state index contributed by atoms with van der Waals surface area (Å²) < 4.78 is 13.0. The van der Waals surface area contributed by atoms with Crippen LogP contribution < -0.4 is 4.90 Å². The van der Waals surface area contributed by atoms with Crippen LogP contribution in [0.3, 0.4) is 0 Å². The number of hydrogen-bond donors (Lipinski definition) is 1. The normalized spacial score (nSPS) is 18.0. The minimum atomic E-state index is -0.751. The van der Waals surface area contributed by atoms with E-state index >= 15 is 0 Å². The van der Waals surface area contributed by atoms with Gasteiger partial charge < -0.3 is 5.11 Å². The van der Waals surface area contributed by atoms with Crippen molar-refractivity contribution in [2.75, 3.05) is 10.7 Å². The summed E-state index contributed by atoms with van der Waals surface area (Å²) in [5.41, 5.74) is 0.743. The maximum Gasteiger partial charge on any atom is 0.303 e. The number of aliphatic carboxylic acids is 1. The van der Waals surface area contributed by atoms with Crippen LogP contribution in [0.2, 0.25) is 0 Å². The van der Waals surface area contributed by atoms with E-state index in [1.807, 2.05) is 0 Å². The number of unbranched alkanes of at least 4 members (excludes halogenated alkanes) is 3. The number of anilines is 1. The van der Waals surface area contributed by atoms with E-state index in [0.29, 0.717) is 12.2 Å². The van der Waals surface area contributed by atoms with E-state index < -0.39 is 5.97 Å². The van der Waals surface area contributed by atoms with Crippen molar-refractivity contribution in [2.24, 2.45) is 0 Å². The first-order valence-electron chi connectivity index (χ1n) is 7.49. The molecule has 1 fully saturated rings. The van der Waals surface area contributed by atoms with E-state index in [1.165, 1.54) is 12.1 Å². The number of halogens is 1. The molecule has 2 rings (SSSR count). The lowest BCUT2D eigenvalue weighted by molar-refractivity contribution is -0.137. The van der Waals surface area contributed by atoms with Crippen molar-refractivity contribution in [3.8, 4) is 0 Å². The number of rotatable bonds is 8. The Morgan fingerprint density at radius 3 is 2.59 bits per heavy atom. The molecule has 1 amide bonds. The molecule has 1 unspecified atom stereocenters. The first-order valence-corrected chi connectivity index (χ1v) is 8.54. The predicted octanol–water partition coefficient (Wildman–Crippen LogP) is 3.66. The number of carbonyl (C=O) groups is 2. The van der Waals surface area contributed by atoms with Gasteiger partial charge in [-0.3, -0.25) is 14.5 Å². The summed E-state index contributed by atoms with van der Waals surface area (Å²) >= 11 is 1.61. The van der Waals surface area contributed by atoms with Crippen molar-refractivity contribution >= 4 is 29.3 Å². The van der Waals surface area contributed by atoms with Crippen LogP contribution in [0.15, 0.2) is 24.3 Å². The van der Waals surface area contributed by atoms with Crippen molar-refractivity contribution in [3.63, 3.8) is 0 Å². The Morgan fingerprint density at radius 1 is 1.23 bits per heavy atom. The molecule has 1 aromatic carbocycles. The van der Waals surface area contributed by atoms with Crippen LogP contribution in [-0.2, 0) is 9.59 Å². The molecule has 120 valence electrons. The molecule has 0 bridgehead atoms. The number of carboxylic acid groups (broad SMARTS) is 1. The van der Waals surface area contributed by atoms with E-state index in [1.54, 1.807) is 28.8 Å². The van der Waals surface area contributed by atoms with Gasteiger partial charge in [-0.05, 0) is 37.1 Å². The van der Waals surface area contributed by atoms with Gasteiger partial charge in [-0.2, -0.15) is 0 Å². The van der Waals surface area contributed by atoms with Gasteiger partial charge in [-0.25, -0.2) is 4.39 Å². The Bertz CT molecular complexity index is 521. The van der Waals surface area contributed by atoms with Crippen molar-refractivity contribution in [3.05, 3.63) is 30.1 Å². The second-order valence-corrected chi connectivity index (χ2v) is 6.52. The number of carbonyl (C=O) groups excluding carboxylic acids is 1. The molecule has 0 aromatic heterocycles. The highest BCUT2D eigenvalue weighted by molar-refractivity contribution is 8.01. The topological polar surface area (TPSA) is 57.6 Å². The zero-order valence-electron chi connectivity index (χ0n) is 12.3. The van der Waals surface area contributed by atoms with E-state index in [0.717, 1.165) is 31.4 Å². The van der Waals surface area contributed by atoms with E-state index in [4.69, 9.17) is 5.11 Å². The van der Waals surface area contributed by atoms with Gasteiger partial charge in [0.15, 0.2) is 0 Å². The average molecular weight is 325 g/mol. The molecule has 1 aromatic rings. The number of benzene rings is 1. The Labute approximate surface area is 133 Å². The fraction of sp³-hybridized carbons (Fsp3) is 0.500. The number of hydrogen-bond acceptors (Lipinski definition) is 3. The van der Waals surface area contributed by atoms with Gasteiger partial charge in [-0.15, -0.1) is 11.8 Å². The molecule has 1 saturated heterocycles. The van der Waals surface area contributed by atoms with Crippen LogP contribution >= 0.6 is 11.8 Å². The third-order valence-corrected chi connectivity index (χ3v) is 4.90. The van der Waals surface area contributed by atoms with Crippen molar-refractivity contribution in [1.29, 1.82) is 0 Å². The lowest BCUT2D eigenvalue weighted by Gasteiger charge is -2.24. The first kappa shape index (κ1) is 16.8. The smallest absolute Gasteiger partial charge is 0.303 e. The van der Waals surface area contributed by atoms with Crippen LogP contribution in [0, 0.1) is 5.82 Å². The van der Waals surface area contributed by atoms with E-state index in [-0.39, 0.29) is 23.5 Å². The van der Waals surface area contributed by atoms with Gasteiger partial charge in [0.1, 0.15) is 5.82 Å². The molecule has 0 saturated carbocycles. The first-order chi connectivity index (χ1) is 10.6. The zero-order valence-corrected chi connectivity index (χ0v) is 13.2. The molecule has 1 N–H and O–H groups in total. The molecular weight excluding hydrogens is 305 g/mol. The quantitative estimate of drug-likeness (QED) is 0.741. The third kappa shape index (κ3) is 4.73. The highest BCUT2D eigenvalue weighted by Gasteiger charge is 2.32. The second-order valence-electron chi connectivity index (χ2n) is 5.35. The predicted molar refractivity (Wildman–Crippen MR) is 85.5 cm³/mol. The largest absolute Gasteiger partial charge is 0.481 e. The lowest BCUT2D eigenvalue weighted by Crippen LogP contribution is -2.32. The monoisotopic (exact) mass is 325 g/mol. The molecule has 1 heterocycles. The summed E-state index contributed by atoms with van der Waals surface area (Å²) in [4.78, 5) is 24.2. The highest BCUT2D eigenvalue weighted by Crippen LogP contribution is 2.33. The van der Waals surface area contributed by atoms with Gasteiger partial charge in [-0.1, -0.05) is 19.3 Å². The lowest BCUT2D eigenvalue weighted by atomic mass is 10.1. The zero-order chi connectivity index (χ0) is 15.9. The standard InChI is InChI=1S/C16H20FNO3S/c17-12-7-9-13(10-8-12)18-14(19)11-22-15(18)5-3-1-2-4-6-16(20)21/h7-10,15H,1-6,11H2,(H,20,21). The number of amides is 1. The molecule has 1 atom stereocenters. The Balaban J connectivity index is 1.81. The molecule has 6 heteroatoms. The van der Waals surface area contributed by atoms with Crippen molar-refractivity contribution in [2.45, 2.75) is 43.9 Å². The molecule has 1 aliphatic heterocycles. The van der Waals surface area contributed by atoms with Crippen LogP contribution in [-0.4, -0.2) is 28.1 Å². The number of nitrogens with zero attached hydrogens (tertiary/aromatic N) is 1. The summed E-state index contributed by atoms with van der Waals surface area (Å²) in [7, 11) is 0. The minimum absolute atomic E-state index is 0.0625. The van der Waals surface area contributed by atoms with E-state index in [9.17, 15) is 14.0 Å². The van der Waals surface area contributed by atoms with Crippen LogP contribution in [0.1, 0.15) is 38.5 Å². The van der Waals surface area contributed by atoms with Gasteiger partial charge in [0, 0.05) is 12.1 Å². The summed E-state index contributed by atoms with van der Waals surface area (Å²) in [5.74, 6) is -0.536. The van der Waals surface area contributed by atoms with Gasteiger partial charge in [0.2, 0.25) is 5.91 Å². The molecule has 4 nitrogen and oxygen atoms in total. The second kappa shape index (κ2) is 8.17. The van der Waals surface area contributed by atoms with Gasteiger partial charge in [0.25, 0.3) is 0 Å². The SMILES string of the molecule is O=C(O)CCCCCCC1SCC(=O)N1c1ccc(F)cc1. The maximum atomic E-state index is 13.0. The Morgan fingerprint density at radius 2 is 1.91 bits per heavy atom. The molecule has 22 heavy (non-hydrogen) atoms. The number of carboxylic acids is 1. The molecule has 1 aliphatic rings. The fourth-order valence-corrected chi connectivity index (χ4v) is 3.74. The Hall–Kier alpha value is -1.56. The molecule has 0 radical (unpaired) electrons. The van der Waals surface area contributed by atoms with Crippen molar-refractivity contribution in [1.82, 2.24) is 0 Å². The summed E-state index contributed by atoms with van der Waals surface area (Å²) in [6, 6.07) is 6.01. The highest BCUT2D eigenvalue weighted by atomic mass is 32.2. The van der Waals surface area contributed by atoms with Crippen molar-refractivity contribution < 1.29 is 19.1 Å². The minimum Gasteiger partial charge on any atom is -0.481 e. The fourth-order valence-electron chi connectivity index (χ4n) is 2.55.